The van der Waals surface area contributed by atoms with Gasteiger partial charge in [-0.25, -0.2) is 0 Å². The zero-order chi connectivity index (χ0) is 13.6. The molecule has 0 aliphatic carbocycles. The molecule has 1 amide bonds. The number of amides is 1. The Kier molecular flexibility index (Phi) is 4.69. The number of nitrogens with one attached hydrogen (secondary N) is 1. The van der Waals surface area contributed by atoms with E-state index in [1.165, 1.54) is 0 Å². The van der Waals surface area contributed by atoms with Gasteiger partial charge < -0.3 is 15.8 Å². The zero-order valence-corrected chi connectivity index (χ0v) is 10.6. The van der Waals surface area contributed by atoms with Gasteiger partial charge in [-0.15, -0.1) is 0 Å². The predicted octanol–water partition coefficient (Wildman–Crippen LogP) is 1.51. The van der Waals surface area contributed by atoms with Crippen molar-refractivity contribution in [3.63, 3.8) is 0 Å². The van der Waals surface area contributed by atoms with E-state index < -0.39 is 5.41 Å². The SMILES string of the molecule is CC(C)(CN)C(=O)Nc1cccc(OCC#N)c1. The first kappa shape index (κ1) is 14.0. The highest BCUT2D eigenvalue weighted by atomic mass is 16.5. The van der Waals surface area contributed by atoms with Crippen molar-refractivity contribution in [1.82, 2.24) is 0 Å². The highest BCUT2D eigenvalue weighted by Gasteiger charge is 2.25. The molecule has 0 aromatic heterocycles. The van der Waals surface area contributed by atoms with Crippen LogP contribution in [0.4, 0.5) is 5.69 Å². The van der Waals surface area contributed by atoms with Crippen LogP contribution in [0.5, 0.6) is 5.75 Å². The number of rotatable bonds is 5. The molecule has 0 saturated carbocycles. The van der Waals surface area contributed by atoms with Crippen molar-refractivity contribution in [3.8, 4) is 11.8 Å². The highest BCUT2D eigenvalue weighted by molar-refractivity contribution is 5.95. The van der Waals surface area contributed by atoms with Gasteiger partial charge in [0, 0.05) is 18.3 Å². The molecule has 0 spiro atoms. The van der Waals surface area contributed by atoms with Crippen LogP contribution in [0.25, 0.3) is 0 Å². The van der Waals surface area contributed by atoms with Crippen molar-refractivity contribution in [2.24, 2.45) is 11.1 Å². The molecule has 0 radical (unpaired) electrons. The van der Waals surface area contributed by atoms with Gasteiger partial charge in [0.1, 0.15) is 11.8 Å². The first-order valence-corrected chi connectivity index (χ1v) is 5.61. The molecule has 96 valence electrons. The second-order valence-corrected chi connectivity index (χ2v) is 4.52. The largest absolute Gasteiger partial charge is 0.479 e. The van der Waals surface area contributed by atoms with E-state index in [0.717, 1.165) is 0 Å². The normalized spacial score (nSPS) is 10.6. The quantitative estimate of drug-likeness (QED) is 0.825. The number of anilines is 1. The topological polar surface area (TPSA) is 88.1 Å². The second kappa shape index (κ2) is 6.03. The fraction of sp³-hybridized carbons (Fsp3) is 0.385. The molecule has 0 bridgehead atoms. The minimum absolute atomic E-state index is 0.0221. The Labute approximate surface area is 107 Å². The van der Waals surface area contributed by atoms with E-state index in [1.807, 2.05) is 6.07 Å². The lowest BCUT2D eigenvalue weighted by Gasteiger charge is -2.21. The maximum atomic E-state index is 11.9. The van der Waals surface area contributed by atoms with Gasteiger partial charge in [-0.05, 0) is 26.0 Å². The van der Waals surface area contributed by atoms with Crippen LogP contribution in [-0.4, -0.2) is 19.1 Å². The first-order chi connectivity index (χ1) is 8.49. The van der Waals surface area contributed by atoms with Crippen LogP contribution in [-0.2, 0) is 4.79 Å². The molecule has 0 atom stereocenters. The third-order valence-electron chi connectivity index (χ3n) is 2.52. The second-order valence-electron chi connectivity index (χ2n) is 4.52. The molecule has 1 aromatic carbocycles. The monoisotopic (exact) mass is 247 g/mol. The molecule has 18 heavy (non-hydrogen) atoms. The zero-order valence-electron chi connectivity index (χ0n) is 10.6. The van der Waals surface area contributed by atoms with E-state index >= 15 is 0 Å². The molecule has 1 aromatic rings. The molecule has 5 nitrogen and oxygen atoms in total. The molecule has 0 unspecified atom stereocenters. The lowest BCUT2D eigenvalue weighted by Crippen LogP contribution is -2.37. The Morgan fingerprint density at radius 3 is 2.89 bits per heavy atom. The van der Waals surface area contributed by atoms with E-state index in [2.05, 4.69) is 5.32 Å². The summed E-state index contributed by atoms with van der Waals surface area (Å²) in [6.07, 6.45) is 0. The molecule has 0 heterocycles. The molecule has 3 N–H and O–H groups in total. The van der Waals surface area contributed by atoms with Crippen molar-refractivity contribution in [1.29, 1.82) is 5.26 Å². The molecular weight excluding hydrogens is 230 g/mol. The fourth-order valence-corrected chi connectivity index (χ4v) is 1.17. The van der Waals surface area contributed by atoms with Crippen molar-refractivity contribution in [3.05, 3.63) is 24.3 Å². The highest BCUT2D eigenvalue weighted by Crippen LogP contribution is 2.20. The Hall–Kier alpha value is -2.06. The number of hydrogen-bond donors (Lipinski definition) is 2. The summed E-state index contributed by atoms with van der Waals surface area (Å²) in [5.74, 6) is 0.391. The van der Waals surface area contributed by atoms with Gasteiger partial charge in [0.05, 0.1) is 5.41 Å². The maximum Gasteiger partial charge on any atom is 0.231 e. The summed E-state index contributed by atoms with van der Waals surface area (Å²) in [5, 5.41) is 11.2. The van der Waals surface area contributed by atoms with Crippen LogP contribution in [0, 0.1) is 16.7 Å². The Balaban J connectivity index is 2.74. The number of nitriles is 1. The Bertz CT molecular complexity index is 464. The minimum Gasteiger partial charge on any atom is -0.479 e. The summed E-state index contributed by atoms with van der Waals surface area (Å²) in [5.41, 5.74) is 5.54. The fourth-order valence-electron chi connectivity index (χ4n) is 1.17. The van der Waals surface area contributed by atoms with Gasteiger partial charge in [-0.1, -0.05) is 6.07 Å². The number of nitrogens with zero attached hydrogens (tertiary/aromatic N) is 1. The Morgan fingerprint density at radius 2 is 2.28 bits per heavy atom. The lowest BCUT2D eigenvalue weighted by atomic mass is 9.92. The number of carbonyl (C=O) groups is 1. The van der Waals surface area contributed by atoms with Gasteiger partial charge >= 0.3 is 0 Å². The molecular formula is C13H17N3O2. The van der Waals surface area contributed by atoms with Crippen LogP contribution in [0.15, 0.2) is 24.3 Å². The summed E-state index contributed by atoms with van der Waals surface area (Å²) in [6, 6.07) is 8.78. The predicted molar refractivity (Wildman–Crippen MR) is 69.0 cm³/mol. The smallest absolute Gasteiger partial charge is 0.231 e. The summed E-state index contributed by atoms with van der Waals surface area (Å²) in [7, 11) is 0. The lowest BCUT2D eigenvalue weighted by molar-refractivity contribution is -0.123. The van der Waals surface area contributed by atoms with E-state index in [1.54, 1.807) is 38.1 Å². The third kappa shape index (κ3) is 3.75. The number of hydrogen-bond acceptors (Lipinski definition) is 4. The van der Waals surface area contributed by atoms with Gasteiger partial charge in [0.15, 0.2) is 6.61 Å². The number of carbonyl (C=O) groups excluding carboxylic acids is 1. The molecule has 0 aliphatic rings. The van der Waals surface area contributed by atoms with Crippen molar-refractivity contribution >= 4 is 11.6 Å². The van der Waals surface area contributed by atoms with Crippen LogP contribution < -0.4 is 15.8 Å². The van der Waals surface area contributed by atoms with Gasteiger partial charge in [0.2, 0.25) is 5.91 Å². The molecule has 0 aliphatic heterocycles. The number of benzene rings is 1. The van der Waals surface area contributed by atoms with E-state index in [4.69, 9.17) is 15.7 Å². The van der Waals surface area contributed by atoms with E-state index in [9.17, 15) is 4.79 Å². The maximum absolute atomic E-state index is 11.9. The molecule has 5 heteroatoms. The van der Waals surface area contributed by atoms with E-state index in [0.29, 0.717) is 11.4 Å². The average molecular weight is 247 g/mol. The molecule has 0 saturated heterocycles. The van der Waals surface area contributed by atoms with E-state index in [-0.39, 0.29) is 19.1 Å². The first-order valence-electron chi connectivity index (χ1n) is 5.61. The van der Waals surface area contributed by atoms with Crippen LogP contribution >= 0.6 is 0 Å². The van der Waals surface area contributed by atoms with Crippen LogP contribution in [0.2, 0.25) is 0 Å². The van der Waals surface area contributed by atoms with Crippen molar-refractivity contribution < 1.29 is 9.53 Å². The minimum atomic E-state index is -0.622. The number of nitrogens with two attached hydrogens (primary N) is 1. The van der Waals surface area contributed by atoms with Crippen LogP contribution in [0.1, 0.15) is 13.8 Å². The number of ether oxygens (including phenoxy) is 1. The standard InChI is InChI=1S/C13H17N3O2/c1-13(2,9-15)12(17)16-10-4-3-5-11(8-10)18-7-6-14/h3-5,8H,7,9,15H2,1-2H3,(H,16,17). The summed E-state index contributed by atoms with van der Waals surface area (Å²) in [6.45, 7) is 3.80. The van der Waals surface area contributed by atoms with Gasteiger partial charge in [-0.3, -0.25) is 4.79 Å². The average Bonchev–Trinajstić information content (AvgIpc) is 2.36. The molecule has 0 fully saturated rings. The van der Waals surface area contributed by atoms with Gasteiger partial charge in [-0.2, -0.15) is 5.26 Å². The van der Waals surface area contributed by atoms with Crippen molar-refractivity contribution in [2.75, 3.05) is 18.5 Å². The van der Waals surface area contributed by atoms with Crippen molar-refractivity contribution in [2.45, 2.75) is 13.8 Å². The van der Waals surface area contributed by atoms with Gasteiger partial charge in [0.25, 0.3) is 0 Å². The third-order valence-corrected chi connectivity index (χ3v) is 2.52. The van der Waals surface area contributed by atoms with Crippen LogP contribution in [0.3, 0.4) is 0 Å². The Morgan fingerprint density at radius 1 is 1.56 bits per heavy atom. The molecule has 1 rings (SSSR count). The summed E-state index contributed by atoms with van der Waals surface area (Å²) in [4.78, 5) is 11.9. The summed E-state index contributed by atoms with van der Waals surface area (Å²) < 4.78 is 5.15. The summed E-state index contributed by atoms with van der Waals surface area (Å²) >= 11 is 0.